The molecule has 0 N–H and O–H groups in total. The number of rotatable bonds is 0. The molecule has 0 saturated heterocycles. The third-order valence-electron chi connectivity index (χ3n) is 2.40. The van der Waals surface area contributed by atoms with Crippen molar-refractivity contribution in [2.45, 2.75) is 47.1 Å². The summed E-state index contributed by atoms with van der Waals surface area (Å²) in [5, 5.41) is 0. The maximum absolute atomic E-state index is 2.44. The molecule has 2 heteroatoms. The summed E-state index contributed by atoms with van der Waals surface area (Å²) in [6.07, 6.45) is 4.74. The molecule has 0 radical (unpaired) electrons. The van der Waals surface area contributed by atoms with Gasteiger partial charge in [-0.1, -0.05) is 0 Å². The number of allylic oxidation sites excluding steroid dienone is 1. The van der Waals surface area contributed by atoms with Crippen LogP contribution in [0.1, 0.15) is 41.5 Å². The van der Waals surface area contributed by atoms with Crippen LogP contribution in [0.4, 0.5) is 0 Å². The second-order valence-corrected chi connectivity index (χ2v) is 7.91. The summed E-state index contributed by atoms with van der Waals surface area (Å²) in [7, 11) is 0. The van der Waals surface area contributed by atoms with E-state index in [1.165, 1.54) is 9.47 Å². The molecule has 0 spiro atoms. The zero-order valence-electron chi connectivity index (χ0n) is 10.7. The van der Waals surface area contributed by atoms with Gasteiger partial charge in [-0.3, -0.25) is 0 Å². The molecule has 1 heterocycles. The van der Waals surface area contributed by atoms with Gasteiger partial charge in [-0.15, -0.1) is 0 Å². The summed E-state index contributed by atoms with van der Waals surface area (Å²) in [5.41, 5.74) is 2.05. The van der Waals surface area contributed by atoms with Crippen molar-refractivity contribution in [1.29, 1.82) is 0 Å². The fourth-order valence-electron chi connectivity index (χ4n) is 1.60. The van der Waals surface area contributed by atoms with Gasteiger partial charge in [0.15, 0.2) is 0 Å². The van der Waals surface area contributed by atoms with E-state index in [0.29, 0.717) is 0 Å². The van der Waals surface area contributed by atoms with Gasteiger partial charge in [0, 0.05) is 0 Å². The second kappa shape index (κ2) is 4.09. The second-order valence-electron chi connectivity index (χ2n) is 6.33. The average Bonchev–Trinajstić information content (AvgIpc) is 2.27. The predicted octanol–water partition coefficient (Wildman–Crippen LogP) is 2.57. The average molecular weight is 376 g/mol. The van der Waals surface area contributed by atoms with Gasteiger partial charge in [0.2, 0.25) is 0 Å². The van der Waals surface area contributed by atoms with Gasteiger partial charge < -0.3 is 0 Å². The van der Waals surface area contributed by atoms with Crippen molar-refractivity contribution in [1.82, 2.24) is 0 Å². The molecule has 0 aromatic heterocycles. The number of nitrogens with zero attached hydrogens (tertiary/aromatic N) is 1. The standard InChI is InChI=1S/C13H22N.W/c1-12(2,3)9-11-7-8-14(10-11)13(4,5)6;/h8-9H,10H2,1-6H3;/q+1;. The van der Waals surface area contributed by atoms with Crippen LogP contribution < -0.4 is 0 Å². The van der Waals surface area contributed by atoms with Crippen LogP contribution in [0.15, 0.2) is 11.6 Å². The molecule has 0 atom stereocenters. The maximum atomic E-state index is 2.44. The van der Waals surface area contributed by atoms with E-state index in [9.17, 15) is 0 Å². The first-order valence-electron chi connectivity index (χ1n) is 5.47. The first-order chi connectivity index (χ1) is 6.59. The van der Waals surface area contributed by atoms with Crippen molar-refractivity contribution >= 4 is 10.1 Å². The molecular weight excluding hydrogens is 354 g/mol. The van der Waals surface area contributed by atoms with Crippen LogP contribution in [-0.2, 0) is 19.4 Å². The summed E-state index contributed by atoms with van der Waals surface area (Å²) < 4.78 is 3.94. The van der Waals surface area contributed by atoms with E-state index in [-0.39, 0.29) is 11.0 Å². The Morgan fingerprint density at radius 3 is 2.07 bits per heavy atom. The van der Waals surface area contributed by atoms with Crippen molar-refractivity contribution in [3.8, 4) is 0 Å². The molecule has 1 nitrogen and oxygen atoms in total. The van der Waals surface area contributed by atoms with Crippen molar-refractivity contribution in [2.24, 2.45) is 5.41 Å². The Bertz CT molecular complexity index is 335. The first-order valence-corrected chi connectivity index (χ1v) is 6.94. The minimum atomic E-state index is 0.244. The van der Waals surface area contributed by atoms with Crippen LogP contribution in [0.2, 0.25) is 0 Å². The molecule has 1 aliphatic rings. The van der Waals surface area contributed by atoms with Gasteiger partial charge in [0.05, 0.1) is 0 Å². The van der Waals surface area contributed by atoms with Crippen LogP contribution in [0, 0.1) is 5.41 Å². The van der Waals surface area contributed by atoms with Crippen LogP contribution in [0.5, 0.6) is 0 Å². The van der Waals surface area contributed by atoms with E-state index in [0.717, 1.165) is 6.54 Å². The van der Waals surface area contributed by atoms with Gasteiger partial charge in [-0.05, 0) is 0 Å². The number of hydrogen-bond donors (Lipinski definition) is 0. The monoisotopic (exact) mass is 376 g/mol. The Morgan fingerprint density at radius 1 is 1.20 bits per heavy atom. The van der Waals surface area contributed by atoms with Crippen LogP contribution in [-0.4, -0.2) is 26.8 Å². The fraction of sp³-hybridized carbons (Fsp3) is 0.692. The molecule has 0 fully saturated rings. The van der Waals surface area contributed by atoms with Crippen LogP contribution in [0.25, 0.3) is 0 Å². The Labute approximate surface area is 105 Å². The summed E-state index contributed by atoms with van der Waals surface area (Å²) in [5.74, 6) is 0. The topological polar surface area (TPSA) is 3.01 Å². The normalized spacial score (nSPS) is 21.1. The third-order valence-corrected chi connectivity index (χ3v) is 3.72. The zero-order valence-corrected chi connectivity index (χ0v) is 13.7. The van der Waals surface area contributed by atoms with Crippen molar-refractivity contribution in [3.05, 3.63) is 11.6 Å². The Morgan fingerprint density at radius 2 is 1.73 bits per heavy atom. The number of hydrogen-bond acceptors (Lipinski definition) is 0. The molecule has 0 aromatic rings. The van der Waals surface area contributed by atoms with E-state index in [1.807, 2.05) is 0 Å². The molecule has 84 valence electrons. The Hall–Kier alpha value is -0.0317. The van der Waals surface area contributed by atoms with Gasteiger partial charge in [0.25, 0.3) is 0 Å². The zero-order chi connectivity index (χ0) is 11.9. The molecule has 15 heavy (non-hydrogen) atoms. The summed E-state index contributed by atoms with van der Waals surface area (Å²) >= 11 is 1.58. The Balaban J connectivity index is 2.91. The van der Waals surface area contributed by atoms with Gasteiger partial charge in [-0.25, -0.2) is 0 Å². The molecule has 0 aromatic carbocycles. The molecule has 0 bridgehead atoms. The van der Waals surface area contributed by atoms with E-state index >= 15 is 0 Å². The van der Waals surface area contributed by atoms with E-state index in [4.69, 9.17) is 0 Å². The summed E-state index contributed by atoms with van der Waals surface area (Å²) in [4.78, 5) is 0. The van der Waals surface area contributed by atoms with Crippen molar-refractivity contribution in [3.63, 3.8) is 0 Å². The first kappa shape index (κ1) is 13.0. The molecular formula is C13H22NW+. The molecule has 0 amide bonds. The van der Waals surface area contributed by atoms with Gasteiger partial charge >= 0.3 is 105 Å². The molecule has 1 aliphatic heterocycles. The Kier molecular flexibility index (Phi) is 3.55. The fourth-order valence-corrected chi connectivity index (χ4v) is 2.50. The molecule has 0 aliphatic carbocycles. The SMILES string of the molecule is CC(C)(C)C=C1C[N+](C(C)(C)C)=C[C]1=[W]. The summed E-state index contributed by atoms with van der Waals surface area (Å²) in [6, 6.07) is 0. The van der Waals surface area contributed by atoms with Crippen LogP contribution in [0.3, 0.4) is 0 Å². The summed E-state index contributed by atoms with van der Waals surface area (Å²) in [6.45, 7) is 14.7. The quantitative estimate of drug-likeness (QED) is 0.572. The molecule has 1 rings (SSSR count). The third kappa shape index (κ3) is 3.79. The molecule has 0 unspecified atom stereocenters. The minimum absolute atomic E-state index is 0.244. The van der Waals surface area contributed by atoms with Gasteiger partial charge in [-0.2, -0.15) is 0 Å². The van der Waals surface area contributed by atoms with Crippen LogP contribution >= 0.6 is 0 Å². The van der Waals surface area contributed by atoms with Crippen molar-refractivity contribution in [2.75, 3.05) is 6.54 Å². The van der Waals surface area contributed by atoms with E-state index in [2.05, 4.69) is 58.4 Å². The predicted molar refractivity (Wildman–Crippen MR) is 63.5 cm³/mol. The van der Waals surface area contributed by atoms with Crippen molar-refractivity contribution < 1.29 is 23.9 Å². The van der Waals surface area contributed by atoms with E-state index in [1.54, 1.807) is 19.4 Å². The van der Waals surface area contributed by atoms with Gasteiger partial charge in [0.1, 0.15) is 0 Å². The van der Waals surface area contributed by atoms with E-state index < -0.39 is 0 Å². The molecule has 0 saturated carbocycles.